The average molecular weight is 368 g/mol. The molecule has 0 spiro atoms. The zero-order valence-corrected chi connectivity index (χ0v) is 14.4. The topological polar surface area (TPSA) is 42.0 Å². The smallest absolute Gasteiger partial charge is 0.255 e. The maximum Gasteiger partial charge on any atom is 0.255 e. The summed E-state index contributed by atoms with van der Waals surface area (Å²) in [5, 5.41) is 3.23. The van der Waals surface area contributed by atoms with Crippen molar-refractivity contribution >= 4 is 39.1 Å². The molecular weight excluding hydrogens is 352 g/mol. The summed E-state index contributed by atoms with van der Waals surface area (Å²) in [5.41, 5.74) is 3.09. The molecule has 110 valence electrons. The third-order valence-electron chi connectivity index (χ3n) is 3.10. The normalized spacial score (nSPS) is 10.8. The van der Waals surface area contributed by atoms with Crippen LogP contribution in [0.2, 0.25) is 5.15 Å². The van der Waals surface area contributed by atoms with Gasteiger partial charge in [0.1, 0.15) is 5.15 Å². The van der Waals surface area contributed by atoms with Crippen LogP contribution in [0.3, 0.4) is 0 Å². The van der Waals surface area contributed by atoms with Crippen molar-refractivity contribution in [3.05, 3.63) is 56.8 Å². The largest absolute Gasteiger partial charge is 0.322 e. The summed E-state index contributed by atoms with van der Waals surface area (Å²) in [6.07, 6.45) is 0. The highest BCUT2D eigenvalue weighted by molar-refractivity contribution is 9.10. The number of anilines is 1. The van der Waals surface area contributed by atoms with E-state index in [4.69, 9.17) is 11.6 Å². The first-order valence-electron chi connectivity index (χ1n) is 6.62. The third-order valence-corrected chi connectivity index (χ3v) is 3.79. The molecule has 3 nitrogen and oxygen atoms in total. The van der Waals surface area contributed by atoms with Crippen LogP contribution in [0.25, 0.3) is 0 Å². The molecule has 5 heteroatoms. The lowest BCUT2D eigenvalue weighted by molar-refractivity contribution is 0.102. The van der Waals surface area contributed by atoms with E-state index in [-0.39, 0.29) is 11.8 Å². The molecule has 0 aliphatic carbocycles. The number of aromatic nitrogens is 1. The Morgan fingerprint density at radius 3 is 2.62 bits per heavy atom. The predicted octanol–water partition coefficient (Wildman–Crippen LogP) is 5.18. The number of halogens is 2. The monoisotopic (exact) mass is 366 g/mol. The molecule has 0 aliphatic heterocycles. The molecule has 1 amide bonds. The summed E-state index contributed by atoms with van der Waals surface area (Å²) in [5.74, 6) is 0.0243. The number of hydrogen-bond donors (Lipinski definition) is 1. The SMILES string of the molecule is Cc1cc(Br)ccc1NC(=O)c1cc(Cl)nc(C(C)C)c1. The van der Waals surface area contributed by atoms with E-state index in [1.807, 2.05) is 39.0 Å². The van der Waals surface area contributed by atoms with Crippen LogP contribution in [-0.2, 0) is 0 Å². The van der Waals surface area contributed by atoms with Gasteiger partial charge in [0.25, 0.3) is 5.91 Å². The molecule has 1 N–H and O–H groups in total. The Bertz CT molecular complexity index is 686. The van der Waals surface area contributed by atoms with Gasteiger partial charge in [0, 0.05) is 21.4 Å². The van der Waals surface area contributed by atoms with Crippen molar-refractivity contribution in [1.29, 1.82) is 0 Å². The fourth-order valence-electron chi connectivity index (χ4n) is 1.91. The van der Waals surface area contributed by atoms with Crippen LogP contribution in [0.15, 0.2) is 34.8 Å². The summed E-state index contributed by atoms with van der Waals surface area (Å²) in [4.78, 5) is 16.6. The molecule has 0 atom stereocenters. The number of nitrogens with zero attached hydrogens (tertiary/aromatic N) is 1. The van der Waals surface area contributed by atoms with E-state index in [1.54, 1.807) is 12.1 Å². The fraction of sp³-hybridized carbons (Fsp3) is 0.250. The summed E-state index contributed by atoms with van der Waals surface area (Å²) < 4.78 is 0.979. The Hall–Kier alpha value is -1.39. The number of nitrogens with one attached hydrogen (secondary N) is 1. The van der Waals surface area contributed by atoms with Crippen LogP contribution < -0.4 is 5.32 Å². The van der Waals surface area contributed by atoms with Gasteiger partial charge in [-0.05, 0) is 48.7 Å². The number of amides is 1. The van der Waals surface area contributed by atoms with Crippen LogP contribution in [0.4, 0.5) is 5.69 Å². The second-order valence-corrected chi connectivity index (χ2v) is 6.47. The van der Waals surface area contributed by atoms with Gasteiger partial charge in [-0.3, -0.25) is 4.79 Å². The number of pyridine rings is 1. The van der Waals surface area contributed by atoms with E-state index in [0.29, 0.717) is 10.7 Å². The number of aryl methyl sites for hydroxylation is 1. The molecule has 0 fully saturated rings. The maximum absolute atomic E-state index is 12.4. The first-order valence-corrected chi connectivity index (χ1v) is 7.79. The van der Waals surface area contributed by atoms with E-state index >= 15 is 0 Å². The minimum absolute atomic E-state index is 0.188. The number of benzene rings is 1. The van der Waals surface area contributed by atoms with Crippen LogP contribution >= 0.6 is 27.5 Å². The number of carbonyl (C=O) groups is 1. The third kappa shape index (κ3) is 4.05. The molecular formula is C16H16BrClN2O. The van der Waals surface area contributed by atoms with Crippen molar-refractivity contribution in [2.45, 2.75) is 26.7 Å². The van der Waals surface area contributed by atoms with Gasteiger partial charge in [0.05, 0.1) is 0 Å². The van der Waals surface area contributed by atoms with Crippen LogP contribution in [0.5, 0.6) is 0 Å². The van der Waals surface area contributed by atoms with Crippen molar-refractivity contribution < 1.29 is 4.79 Å². The highest BCUT2D eigenvalue weighted by Crippen LogP contribution is 2.22. The molecule has 1 aromatic heterocycles. The average Bonchev–Trinajstić information content (AvgIpc) is 2.41. The molecule has 2 rings (SSSR count). The standard InChI is InChI=1S/C16H16BrClN2O/c1-9(2)14-7-11(8-15(18)19-14)16(21)20-13-5-4-12(17)6-10(13)3/h4-9H,1-3H3,(H,20,21). The quantitative estimate of drug-likeness (QED) is 0.759. The van der Waals surface area contributed by atoms with E-state index in [0.717, 1.165) is 21.4 Å². The van der Waals surface area contributed by atoms with Crippen LogP contribution in [0, 0.1) is 6.92 Å². The molecule has 0 unspecified atom stereocenters. The molecule has 0 aliphatic rings. The number of hydrogen-bond acceptors (Lipinski definition) is 2. The Morgan fingerprint density at radius 1 is 1.29 bits per heavy atom. The van der Waals surface area contributed by atoms with Gasteiger partial charge in [0.15, 0.2) is 0 Å². The Balaban J connectivity index is 2.28. The van der Waals surface area contributed by atoms with Crippen molar-refractivity contribution in [1.82, 2.24) is 4.98 Å². The van der Waals surface area contributed by atoms with E-state index in [9.17, 15) is 4.79 Å². The lowest BCUT2D eigenvalue weighted by Gasteiger charge is -2.11. The van der Waals surface area contributed by atoms with Crippen LogP contribution in [-0.4, -0.2) is 10.9 Å². The molecule has 0 bridgehead atoms. The first-order chi connectivity index (χ1) is 9.86. The summed E-state index contributed by atoms with van der Waals surface area (Å²) in [6, 6.07) is 9.07. The van der Waals surface area contributed by atoms with Crippen LogP contribution in [0.1, 0.15) is 41.4 Å². The summed E-state index contributed by atoms with van der Waals surface area (Å²) in [6.45, 7) is 5.97. The minimum atomic E-state index is -0.188. The van der Waals surface area contributed by atoms with Crippen molar-refractivity contribution in [3.63, 3.8) is 0 Å². The van der Waals surface area contributed by atoms with Gasteiger partial charge in [-0.2, -0.15) is 0 Å². The lowest BCUT2D eigenvalue weighted by Crippen LogP contribution is -2.13. The first kappa shape index (κ1) is 16.0. The summed E-state index contributed by atoms with van der Waals surface area (Å²) >= 11 is 9.40. The predicted molar refractivity (Wildman–Crippen MR) is 90.2 cm³/mol. The van der Waals surface area contributed by atoms with Crippen molar-refractivity contribution in [2.75, 3.05) is 5.32 Å². The maximum atomic E-state index is 12.4. The fourth-order valence-corrected chi connectivity index (χ4v) is 2.60. The molecule has 1 aromatic carbocycles. The Labute approximate surface area is 137 Å². The second kappa shape index (κ2) is 6.58. The van der Waals surface area contributed by atoms with Gasteiger partial charge >= 0.3 is 0 Å². The highest BCUT2D eigenvalue weighted by atomic mass is 79.9. The van der Waals surface area contributed by atoms with Gasteiger partial charge < -0.3 is 5.32 Å². The van der Waals surface area contributed by atoms with Gasteiger partial charge in [-0.25, -0.2) is 4.98 Å². The van der Waals surface area contributed by atoms with E-state index < -0.39 is 0 Å². The van der Waals surface area contributed by atoms with E-state index in [1.165, 1.54) is 0 Å². The zero-order valence-electron chi connectivity index (χ0n) is 12.1. The van der Waals surface area contributed by atoms with E-state index in [2.05, 4.69) is 26.2 Å². The van der Waals surface area contributed by atoms with Crippen molar-refractivity contribution in [3.8, 4) is 0 Å². The molecule has 2 aromatic rings. The number of carbonyl (C=O) groups excluding carboxylic acids is 1. The van der Waals surface area contributed by atoms with Gasteiger partial charge in [0.2, 0.25) is 0 Å². The number of rotatable bonds is 3. The van der Waals surface area contributed by atoms with Crippen molar-refractivity contribution in [2.24, 2.45) is 0 Å². The Kier molecular flexibility index (Phi) is 5.01. The molecule has 21 heavy (non-hydrogen) atoms. The molecule has 0 radical (unpaired) electrons. The lowest BCUT2D eigenvalue weighted by atomic mass is 10.1. The molecule has 0 saturated heterocycles. The van der Waals surface area contributed by atoms with Gasteiger partial charge in [-0.1, -0.05) is 41.4 Å². The van der Waals surface area contributed by atoms with Gasteiger partial charge in [-0.15, -0.1) is 0 Å². The molecule has 0 saturated carbocycles. The molecule has 1 heterocycles. The highest BCUT2D eigenvalue weighted by Gasteiger charge is 2.12. The summed E-state index contributed by atoms with van der Waals surface area (Å²) in [7, 11) is 0. The zero-order chi connectivity index (χ0) is 15.6. The second-order valence-electron chi connectivity index (χ2n) is 5.17. The Morgan fingerprint density at radius 2 is 2.00 bits per heavy atom. The minimum Gasteiger partial charge on any atom is -0.322 e.